The van der Waals surface area contributed by atoms with Crippen molar-refractivity contribution in [2.45, 2.75) is 32.8 Å². The van der Waals surface area contributed by atoms with Crippen LogP contribution in [0.3, 0.4) is 0 Å². The van der Waals surface area contributed by atoms with Gasteiger partial charge in [0.05, 0.1) is 6.10 Å². The second-order valence-corrected chi connectivity index (χ2v) is 3.45. The van der Waals surface area contributed by atoms with Gasteiger partial charge in [-0.15, -0.1) is 0 Å². The van der Waals surface area contributed by atoms with E-state index in [1.807, 2.05) is 38.1 Å². The molecule has 1 rings (SSSR count). The number of anilines is 1. The zero-order valence-corrected chi connectivity index (χ0v) is 9.16. The van der Waals surface area contributed by atoms with E-state index in [-0.39, 0.29) is 5.91 Å². The van der Waals surface area contributed by atoms with Crippen LogP contribution in [0.1, 0.15) is 38.4 Å². The Bertz CT molecular complexity index is 319. The molecule has 2 N–H and O–H groups in total. The maximum Gasteiger partial charge on any atom is 0.224 e. The second-order valence-electron chi connectivity index (χ2n) is 3.45. The van der Waals surface area contributed by atoms with Crippen molar-refractivity contribution < 1.29 is 9.90 Å². The highest BCUT2D eigenvalue weighted by Gasteiger charge is 2.04. The Kier molecular flexibility index (Phi) is 4.31. The average molecular weight is 207 g/mol. The Balaban J connectivity index is 2.68. The van der Waals surface area contributed by atoms with Crippen molar-refractivity contribution in [3.63, 3.8) is 0 Å². The first-order valence-corrected chi connectivity index (χ1v) is 5.25. The Morgan fingerprint density at radius 3 is 2.40 bits per heavy atom. The second kappa shape index (κ2) is 5.51. The first-order valence-electron chi connectivity index (χ1n) is 5.25. The third kappa shape index (κ3) is 3.36. The van der Waals surface area contributed by atoms with Crippen molar-refractivity contribution in [2.75, 3.05) is 5.32 Å². The van der Waals surface area contributed by atoms with E-state index in [9.17, 15) is 9.90 Å². The van der Waals surface area contributed by atoms with Crippen LogP contribution in [0, 0.1) is 0 Å². The fourth-order valence-corrected chi connectivity index (χ4v) is 1.27. The monoisotopic (exact) mass is 207 g/mol. The van der Waals surface area contributed by atoms with E-state index in [4.69, 9.17) is 0 Å². The topological polar surface area (TPSA) is 49.3 Å². The number of amides is 1. The third-order valence-corrected chi connectivity index (χ3v) is 2.29. The highest BCUT2D eigenvalue weighted by Crippen LogP contribution is 2.18. The lowest BCUT2D eigenvalue weighted by atomic mass is 10.1. The van der Waals surface area contributed by atoms with E-state index in [0.717, 1.165) is 11.3 Å². The molecule has 3 heteroatoms. The van der Waals surface area contributed by atoms with Crippen LogP contribution in [-0.2, 0) is 4.79 Å². The fourth-order valence-electron chi connectivity index (χ4n) is 1.27. The van der Waals surface area contributed by atoms with Gasteiger partial charge in [0.1, 0.15) is 0 Å². The minimum absolute atomic E-state index is 0.00112. The number of benzene rings is 1. The van der Waals surface area contributed by atoms with Gasteiger partial charge >= 0.3 is 0 Å². The smallest absolute Gasteiger partial charge is 0.224 e. The van der Waals surface area contributed by atoms with Crippen molar-refractivity contribution in [1.82, 2.24) is 0 Å². The molecule has 15 heavy (non-hydrogen) atoms. The number of hydrogen-bond acceptors (Lipinski definition) is 2. The van der Waals surface area contributed by atoms with E-state index in [1.54, 1.807) is 0 Å². The summed E-state index contributed by atoms with van der Waals surface area (Å²) < 4.78 is 0. The lowest BCUT2D eigenvalue weighted by Crippen LogP contribution is -2.09. The molecule has 0 aliphatic heterocycles. The van der Waals surface area contributed by atoms with Crippen molar-refractivity contribution in [3.05, 3.63) is 29.8 Å². The molecule has 0 bridgehead atoms. The lowest BCUT2D eigenvalue weighted by molar-refractivity contribution is -0.115. The molecule has 0 saturated carbocycles. The highest BCUT2D eigenvalue weighted by atomic mass is 16.3. The first-order chi connectivity index (χ1) is 7.17. The highest BCUT2D eigenvalue weighted by molar-refractivity contribution is 5.90. The molecule has 1 aromatic rings. The van der Waals surface area contributed by atoms with Crippen molar-refractivity contribution >= 4 is 11.6 Å². The van der Waals surface area contributed by atoms with Crippen LogP contribution < -0.4 is 5.32 Å². The standard InChI is InChI=1S/C12H17NO2/c1-3-11(14)9-5-7-10(8-6-9)13-12(15)4-2/h5-8,11,14H,3-4H2,1-2H3,(H,13,15). The molecule has 1 amide bonds. The summed E-state index contributed by atoms with van der Waals surface area (Å²) >= 11 is 0. The molecule has 1 unspecified atom stereocenters. The molecule has 0 radical (unpaired) electrons. The van der Waals surface area contributed by atoms with Crippen molar-refractivity contribution in [2.24, 2.45) is 0 Å². The van der Waals surface area contributed by atoms with Crippen LogP contribution >= 0.6 is 0 Å². The molecule has 0 aliphatic carbocycles. The Labute approximate surface area is 90.1 Å². The van der Waals surface area contributed by atoms with Gasteiger partial charge in [-0.3, -0.25) is 4.79 Å². The molecule has 1 atom stereocenters. The Morgan fingerprint density at radius 2 is 1.93 bits per heavy atom. The number of aliphatic hydroxyl groups excluding tert-OH is 1. The summed E-state index contributed by atoms with van der Waals surface area (Å²) in [5.41, 5.74) is 1.65. The van der Waals surface area contributed by atoms with Crippen LogP contribution in [0.25, 0.3) is 0 Å². The molecule has 0 fully saturated rings. The third-order valence-electron chi connectivity index (χ3n) is 2.29. The number of hydrogen-bond donors (Lipinski definition) is 2. The van der Waals surface area contributed by atoms with Crippen LogP contribution in [-0.4, -0.2) is 11.0 Å². The fraction of sp³-hybridized carbons (Fsp3) is 0.417. The number of aliphatic hydroxyl groups is 1. The number of carbonyl (C=O) groups is 1. The van der Waals surface area contributed by atoms with Crippen LogP contribution in [0.4, 0.5) is 5.69 Å². The van der Waals surface area contributed by atoms with Gasteiger partial charge in [-0.25, -0.2) is 0 Å². The van der Waals surface area contributed by atoms with Crippen molar-refractivity contribution in [1.29, 1.82) is 0 Å². The van der Waals surface area contributed by atoms with E-state index in [0.29, 0.717) is 12.8 Å². The van der Waals surface area contributed by atoms with Gasteiger partial charge in [0.25, 0.3) is 0 Å². The molecule has 0 aromatic heterocycles. The Morgan fingerprint density at radius 1 is 1.33 bits per heavy atom. The number of nitrogens with one attached hydrogen (secondary N) is 1. The predicted octanol–water partition coefficient (Wildman–Crippen LogP) is 2.48. The summed E-state index contributed by atoms with van der Waals surface area (Å²) in [5, 5.41) is 12.3. The zero-order valence-electron chi connectivity index (χ0n) is 9.16. The van der Waals surface area contributed by atoms with Crippen LogP contribution in [0.2, 0.25) is 0 Å². The lowest BCUT2D eigenvalue weighted by Gasteiger charge is -2.09. The molecule has 0 aliphatic rings. The average Bonchev–Trinajstić information content (AvgIpc) is 2.29. The zero-order chi connectivity index (χ0) is 11.3. The van der Waals surface area contributed by atoms with Crippen LogP contribution in [0.5, 0.6) is 0 Å². The minimum atomic E-state index is -0.416. The van der Waals surface area contributed by atoms with Gasteiger partial charge in [0, 0.05) is 12.1 Å². The maximum atomic E-state index is 11.1. The summed E-state index contributed by atoms with van der Waals surface area (Å²) in [7, 11) is 0. The molecule has 0 saturated heterocycles. The van der Waals surface area contributed by atoms with Gasteiger partial charge in [-0.05, 0) is 24.1 Å². The predicted molar refractivity (Wildman–Crippen MR) is 60.6 cm³/mol. The molecule has 82 valence electrons. The van der Waals surface area contributed by atoms with Gasteiger partial charge in [0.15, 0.2) is 0 Å². The van der Waals surface area contributed by atoms with E-state index >= 15 is 0 Å². The summed E-state index contributed by atoms with van der Waals surface area (Å²) in [5.74, 6) is -0.00112. The molecule has 1 aromatic carbocycles. The molecule has 0 heterocycles. The van der Waals surface area contributed by atoms with Gasteiger partial charge < -0.3 is 10.4 Å². The van der Waals surface area contributed by atoms with Gasteiger partial charge in [-0.1, -0.05) is 26.0 Å². The molecular weight excluding hydrogens is 190 g/mol. The SMILES string of the molecule is CCC(=O)Nc1ccc(C(O)CC)cc1. The van der Waals surface area contributed by atoms with E-state index in [1.165, 1.54) is 0 Å². The molecular formula is C12H17NO2. The Hall–Kier alpha value is -1.35. The molecule has 3 nitrogen and oxygen atoms in total. The number of carbonyl (C=O) groups excluding carboxylic acids is 1. The van der Waals surface area contributed by atoms with Gasteiger partial charge in [-0.2, -0.15) is 0 Å². The maximum absolute atomic E-state index is 11.1. The summed E-state index contributed by atoms with van der Waals surface area (Å²) in [6.45, 7) is 3.74. The first kappa shape index (κ1) is 11.7. The largest absolute Gasteiger partial charge is 0.388 e. The van der Waals surface area contributed by atoms with Crippen molar-refractivity contribution in [3.8, 4) is 0 Å². The normalized spacial score (nSPS) is 12.2. The van der Waals surface area contributed by atoms with E-state index < -0.39 is 6.10 Å². The quantitative estimate of drug-likeness (QED) is 0.796. The molecule has 0 spiro atoms. The summed E-state index contributed by atoms with van der Waals surface area (Å²) in [6.07, 6.45) is 0.751. The van der Waals surface area contributed by atoms with E-state index in [2.05, 4.69) is 5.32 Å². The summed E-state index contributed by atoms with van der Waals surface area (Å²) in [4.78, 5) is 11.1. The minimum Gasteiger partial charge on any atom is -0.388 e. The van der Waals surface area contributed by atoms with Crippen LogP contribution in [0.15, 0.2) is 24.3 Å². The summed E-state index contributed by atoms with van der Waals surface area (Å²) in [6, 6.07) is 7.28. The number of rotatable bonds is 4. The van der Waals surface area contributed by atoms with Gasteiger partial charge in [0.2, 0.25) is 5.91 Å².